The van der Waals surface area contributed by atoms with E-state index in [2.05, 4.69) is 4.99 Å². The van der Waals surface area contributed by atoms with Gasteiger partial charge in [0.1, 0.15) is 5.60 Å². The van der Waals surface area contributed by atoms with Crippen molar-refractivity contribution in [2.75, 3.05) is 0 Å². The Morgan fingerprint density at radius 1 is 1.46 bits per heavy atom. The summed E-state index contributed by atoms with van der Waals surface area (Å²) in [6.07, 6.45) is 3.53. The molecule has 0 radical (unpaired) electrons. The van der Waals surface area contributed by atoms with E-state index >= 15 is 0 Å². The van der Waals surface area contributed by atoms with Crippen molar-refractivity contribution in [3.63, 3.8) is 0 Å². The Kier molecular flexibility index (Phi) is 4.88. The van der Waals surface area contributed by atoms with Crippen molar-refractivity contribution in [3.8, 4) is 0 Å². The van der Waals surface area contributed by atoms with Gasteiger partial charge < -0.3 is 0 Å². The zero-order valence-corrected chi connectivity index (χ0v) is 9.16. The number of hydrogen-bond donors (Lipinski definition) is 1. The molecular formula is C10H20N2O. The summed E-state index contributed by atoms with van der Waals surface area (Å²) in [6, 6.07) is 0. The first kappa shape index (κ1) is 12.3. The summed E-state index contributed by atoms with van der Waals surface area (Å²) in [5.41, 5.74) is 0.672. The maximum atomic E-state index is 5.21. The molecule has 13 heavy (non-hydrogen) atoms. The van der Waals surface area contributed by atoms with Crippen molar-refractivity contribution >= 4 is 6.21 Å². The third-order valence-corrected chi connectivity index (χ3v) is 2.06. The van der Waals surface area contributed by atoms with Crippen molar-refractivity contribution in [2.45, 2.75) is 40.2 Å². The molecule has 2 N–H and O–H groups in total. The van der Waals surface area contributed by atoms with E-state index in [1.165, 1.54) is 0 Å². The maximum Gasteiger partial charge on any atom is 0.124 e. The molecule has 0 aromatic carbocycles. The quantitative estimate of drug-likeness (QED) is 0.538. The fraction of sp³-hybridized carbons (Fsp3) is 0.700. The highest BCUT2D eigenvalue weighted by Gasteiger charge is 2.26. The monoisotopic (exact) mass is 184 g/mol. The van der Waals surface area contributed by atoms with Gasteiger partial charge in [-0.3, -0.25) is 9.83 Å². The molecule has 3 heteroatoms. The lowest BCUT2D eigenvalue weighted by Gasteiger charge is -2.26. The highest BCUT2D eigenvalue weighted by Crippen LogP contribution is 2.16. The molecule has 76 valence electrons. The van der Waals surface area contributed by atoms with Crippen LogP contribution in [0.15, 0.2) is 16.8 Å². The van der Waals surface area contributed by atoms with Gasteiger partial charge >= 0.3 is 0 Å². The standard InChI is InChI=1S/C10H20N2O/c1-8(2)6-12-7-10(5,13-11)9(3)4/h6-7,9H,11H2,1-5H3. The highest BCUT2D eigenvalue weighted by atomic mass is 16.6. The van der Waals surface area contributed by atoms with Crippen LogP contribution in [0.1, 0.15) is 34.6 Å². The number of nitrogens with zero attached hydrogens (tertiary/aromatic N) is 1. The summed E-state index contributed by atoms with van der Waals surface area (Å²) < 4.78 is 0. The molecule has 1 unspecified atom stereocenters. The molecule has 0 fully saturated rings. The molecule has 0 aliphatic carbocycles. The van der Waals surface area contributed by atoms with Crippen LogP contribution in [0.4, 0.5) is 0 Å². The van der Waals surface area contributed by atoms with Crippen molar-refractivity contribution in [3.05, 3.63) is 11.8 Å². The van der Waals surface area contributed by atoms with Crippen LogP contribution in [-0.2, 0) is 4.84 Å². The lowest BCUT2D eigenvalue weighted by Crippen LogP contribution is -2.39. The second kappa shape index (κ2) is 5.14. The molecule has 0 aromatic heterocycles. The first-order valence-corrected chi connectivity index (χ1v) is 4.48. The Morgan fingerprint density at radius 2 is 2.00 bits per heavy atom. The summed E-state index contributed by atoms with van der Waals surface area (Å²) >= 11 is 0. The fourth-order valence-electron chi connectivity index (χ4n) is 0.650. The zero-order valence-electron chi connectivity index (χ0n) is 9.16. The second-order valence-corrected chi connectivity index (χ2v) is 3.94. The molecule has 0 amide bonds. The summed E-state index contributed by atoms with van der Waals surface area (Å²) in [6.45, 7) is 9.99. The van der Waals surface area contributed by atoms with Crippen molar-refractivity contribution in [1.29, 1.82) is 0 Å². The largest absolute Gasteiger partial charge is 0.292 e. The molecule has 0 heterocycles. The summed E-state index contributed by atoms with van der Waals surface area (Å²) in [7, 11) is 0. The Morgan fingerprint density at radius 3 is 2.31 bits per heavy atom. The molecule has 0 saturated carbocycles. The highest BCUT2D eigenvalue weighted by molar-refractivity contribution is 5.69. The molecule has 0 aliphatic heterocycles. The lowest BCUT2D eigenvalue weighted by atomic mass is 9.94. The first-order chi connectivity index (χ1) is 5.92. The molecule has 3 nitrogen and oxygen atoms in total. The van der Waals surface area contributed by atoms with Crippen molar-refractivity contribution < 1.29 is 4.84 Å². The van der Waals surface area contributed by atoms with Crippen molar-refractivity contribution in [2.24, 2.45) is 16.8 Å². The topological polar surface area (TPSA) is 47.6 Å². The van der Waals surface area contributed by atoms with Gasteiger partial charge in [0.05, 0.1) is 0 Å². The van der Waals surface area contributed by atoms with E-state index < -0.39 is 5.60 Å². The minimum Gasteiger partial charge on any atom is -0.292 e. The van der Waals surface area contributed by atoms with Crippen molar-refractivity contribution in [1.82, 2.24) is 0 Å². The van der Waals surface area contributed by atoms with Gasteiger partial charge in [-0.1, -0.05) is 19.4 Å². The van der Waals surface area contributed by atoms with Crippen LogP contribution >= 0.6 is 0 Å². The summed E-state index contributed by atoms with van der Waals surface area (Å²) in [4.78, 5) is 9.05. The number of aliphatic imine (C=N–C) groups is 1. The minimum absolute atomic E-state index is 0.298. The molecule has 0 aliphatic rings. The van der Waals surface area contributed by atoms with Crippen LogP contribution < -0.4 is 5.90 Å². The van der Waals surface area contributed by atoms with E-state index in [1.54, 1.807) is 12.4 Å². The first-order valence-electron chi connectivity index (χ1n) is 4.48. The molecule has 0 rings (SSSR count). The summed E-state index contributed by atoms with van der Waals surface area (Å²) in [5.74, 6) is 5.51. The van der Waals surface area contributed by atoms with Gasteiger partial charge in [0, 0.05) is 12.4 Å². The van der Waals surface area contributed by atoms with E-state index in [0.29, 0.717) is 5.92 Å². The zero-order chi connectivity index (χ0) is 10.5. The third-order valence-electron chi connectivity index (χ3n) is 2.06. The van der Waals surface area contributed by atoms with Gasteiger partial charge in [0.2, 0.25) is 0 Å². The van der Waals surface area contributed by atoms with Gasteiger partial charge in [-0.2, -0.15) is 0 Å². The Hall–Kier alpha value is -0.670. The average molecular weight is 184 g/mol. The van der Waals surface area contributed by atoms with Gasteiger partial charge in [-0.25, -0.2) is 5.90 Å². The van der Waals surface area contributed by atoms with E-state index in [4.69, 9.17) is 10.7 Å². The average Bonchev–Trinajstić information content (AvgIpc) is 2.03. The molecule has 1 atom stereocenters. The number of nitrogens with two attached hydrogens (primary N) is 1. The van der Waals surface area contributed by atoms with Gasteiger partial charge in [-0.15, -0.1) is 0 Å². The smallest absolute Gasteiger partial charge is 0.124 e. The third kappa shape index (κ3) is 4.20. The van der Waals surface area contributed by atoms with Crippen LogP contribution in [0.5, 0.6) is 0 Å². The normalized spacial score (nSPS) is 16.2. The predicted molar refractivity (Wildman–Crippen MR) is 56.4 cm³/mol. The molecule has 0 spiro atoms. The van der Waals surface area contributed by atoms with E-state index in [1.807, 2.05) is 34.6 Å². The molecule has 0 bridgehead atoms. The van der Waals surface area contributed by atoms with E-state index in [0.717, 1.165) is 5.57 Å². The number of rotatable bonds is 4. The second-order valence-electron chi connectivity index (χ2n) is 3.94. The number of allylic oxidation sites excluding steroid dienone is 1. The lowest BCUT2D eigenvalue weighted by molar-refractivity contribution is -0.00915. The Bertz CT molecular complexity index is 205. The van der Waals surface area contributed by atoms with Gasteiger partial charge in [0.25, 0.3) is 0 Å². The maximum absolute atomic E-state index is 5.21. The van der Waals surface area contributed by atoms with Crippen LogP contribution in [0.3, 0.4) is 0 Å². The minimum atomic E-state index is -0.480. The SMILES string of the molecule is CC(C)=CN=CC(C)(ON)C(C)C. The molecular weight excluding hydrogens is 164 g/mol. The Labute approximate surface area is 80.6 Å². The summed E-state index contributed by atoms with van der Waals surface area (Å²) in [5, 5.41) is 0. The van der Waals surface area contributed by atoms with Gasteiger partial charge in [0.15, 0.2) is 0 Å². The Balaban J connectivity index is 4.44. The fourth-order valence-corrected chi connectivity index (χ4v) is 0.650. The van der Waals surface area contributed by atoms with E-state index in [9.17, 15) is 0 Å². The van der Waals surface area contributed by atoms with Crippen LogP contribution in [0.2, 0.25) is 0 Å². The molecule has 0 saturated heterocycles. The van der Waals surface area contributed by atoms with Crippen LogP contribution in [0.25, 0.3) is 0 Å². The van der Waals surface area contributed by atoms with E-state index in [-0.39, 0.29) is 0 Å². The van der Waals surface area contributed by atoms with Crippen LogP contribution in [-0.4, -0.2) is 11.8 Å². The molecule has 0 aromatic rings. The van der Waals surface area contributed by atoms with Gasteiger partial charge in [-0.05, 0) is 26.7 Å². The predicted octanol–water partition coefficient (Wildman–Crippen LogP) is 2.29. The van der Waals surface area contributed by atoms with Crippen LogP contribution in [0, 0.1) is 5.92 Å². The number of hydrogen-bond acceptors (Lipinski definition) is 3.